The zero-order chi connectivity index (χ0) is 19.1. The van der Waals surface area contributed by atoms with Gasteiger partial charge in [0.2, 0.25) is 5.91 Å². The van der Waals surface area contributed by atoms with Crippen LogP contribution >= 0.6 is 11.6 Å². The number of piperidine rings is 1. The summed E-state index contributed by atoms with van der Waals surface area (Å²) in [6.07, 6.45) is 8.32. The Hall–Kier alpha value is -2.66. The van der Waals surface area contributed by atoms with Crippen molar-refractivity contribution < 1.29 is 9.59 Å². The summed E-state index contributed by atoms with van der Waals surface area (Å²) in [5.41, 5.74) is 1.55. The first kappa shape index (κ1) is 19.1. The predicted octanol–water partition coefficient (Wildman–Crippen LogP) is 3.42. The molecule has 1 aromatic heterocycles. The number of carbonyl (C=O) groups excluding carboxylic acids is 2. The van der Waals surface area contributed by atoms with Crippen LogP contribution in [-0.4, -0.2) is 41.3 Å². The van der Waals surface area contributed by atoms with Crippen LogP contribution in [0.1, 0.15) is 28.8 Å². The van der Waals surface area contributed by atoms with Crippen LogP contribution in [0.3, 0.4) is 0 Å². The molecule has 1 fully saturated rings. The van der Waals surface area contributed by atoms with Crippen molar-refractivity contribution in [3.05, 3.63) is 71.0 Å². The number of hydrogen-bond acceptors (Lipinski definition) is 3. The third-order valence-corrected chi connectivity index (χ3v) is 4.92. The van der Waals surface area contributed by atoms with Crippen molar-refractivity contribution in [1.82, 2.24) is 15.2 Å². The van der Waals surface area contributed by atoms with E-state index in [1.165, 1.54) is 6.08 Å². The Kier molecular flexibility index (Phi) is 6.60. The summed E-state index contributed by atoms with van der Waals surface area (Å²) in [5.74, 6) is 0.297. The van der Waals surface area contributed by atoms with Gasteiger partial charge in [-0.25, -0.2) is 0 Å². The Morgan fingerprint density at radius 2 is 1.93 bits per heavy atom. The molecule has 5 nitrogen and oxygen atoms in total. The SMILES string of the molecule is O=C(/C=C/c1ccc(Cl)cc1)NCC1CCN(C(=O)c2cccnc2)CC1. The molecule has 1 saturated heterocycles. The number of nitrogens with one attached hydrogen (secondary N) is 1. The molecule has 0 spiro atoms. The van der Waals surface area contributed by atoms with Crippen LogP contribution in [0, 0.1) is 5.92 Å². The van der Waals surface area contributed by atoms with Gasteiger partial charge < -0.3 is 10.2 Å². The van der Waals surface area contributed by atoms with Crippen LogP contribution < -0.4 is 5.32 Å². The summed E-state index contributed by atoms with van der Waals surface area (Å²) in [6.45, 7) is 2.03. The van der Waals surface area contributed by atoms with E-state index < -0.39 is 0 Å². The molecule has 27 heavy (non-hydrogen) atoms. The first-order valence-corrected chi connectivity index (χ1v) is 9.40. The van der Waals surface area contributed by atoms with Gasteiger partial charge in [-0.2, -0.15) is 0 Å². The maximum absolute atomic E-state index is 12.4. The van der Waals surface area contributed by atoms with Crippen LogP contribution in [0.15, 0.2) is 54.9 Å². The second-order valence-electron chi connectivity index (χ2n) is 6.61. The first-order chi connectivity index (χ1) is 13.1. The Morgan fingerprint density at radius 3 is 2.59 bits per heavy atom. The molecule has 1 N–H and O–H groups in total. The summed E-state index contributed by atoms with van der Waals surface area (Å²) >= 11 is 5.84. The fourth-order valence-corrected chi connectivity index (χ4v) is 3.19. The number of likely N-dealkylation sites (tertiary alicyclic amines) is 1. The standard InChI is InChI=1S/C21H22ClN3O2/c22-19-6-3-16(4-7-19)5-8-20(26)24-14-17-9-12-25(13-10-17)21(27)18-2-1-11-23-15-18/h1-8,11,15,17H,9-10,12-14H2,(H,24,26)/b8-5+. The summed E-state index contributed by atoms with van der Waals surface area (Å²) in [6, 6.07) is 10.9. The smallest absolute Gasteiger partial charge is 0.255 e. The molecule has 6 heteroatoms. The van der Waals surface area contributed by atoms with E-state index in [0.717, 1.165) is 18.4 Å². The number of amides is 2. The van der Waals surface area contributed by atoms with Gasteiger partial charge in [0.25, 0.3) is 5.91 Å². The predicted molar refractivity (Wildman–Crippen MR) is 106 cm³/mol. The van der Waals surface area contributed by atoms with Crippen molar-refractivity contribution in [2.45, 2.75) is 12.8 Å². The first-order valence-electron chi connectivity index (χ1n) is 9.02. The van der Waals surface area contributed by atoms with E-state index in [9.17, 15) is 9.59 Å². The minimum Gasteiger partial charge on any atom is -0.352 e. The highest BCUT2D eigenvalue weighted by Gasteiger charge is 2.23. The molecule has 0 saturated carbocycles. The molecule has 0 radical (unpaired) electrons. The lowest BCUT2D eigenvalue weighted by Crippen LogP contribution is -2.41. The van der Waals surface area contributed by atoms with E-state index >= 15 is 0 Å². The third kappa shape index (κ3) is 5.66. The normalized spacial score (nSPS) is 15.1. The quantitative estimate of drug-likeness (QED) is 0.805. The number of pyridine rings is 1. The van der Waals surface area contributed by atoms with Gasteiger partial charge in [0, 0.05) is 43.1 Å². The average molecular weight is 384 g/mol. The van der Waals surface area contributed by atoms with Crippen LogP contribution in [0.5, 0.6) is 0 Å². The largest absolute Gasteiger partial charge is 0.352 e. The lowest BCUT2D eigenvalue weighted by molar-refractivity contribution is -0.116. The minimum absolute atomic E-state index is 0.0245. The Labute approximate surface area is 164 Å². The Morgan fingerprint density at radius 1 is 1.19 bits per heavy atom. The van der Waals surface area contributed by atoms with Crippen LogP contribution in [0.2, 0.25) is 5.02 Å². The summed E-state index contributed by atoms with van der Waals surface area (Å²) < 4.78 is 0. The van der Waals surface area contributed by atoms with Gasteiger partial charge in [-0.05, 0) is 54.7 Å². The van der Waals surface area contributed by atoms with E-state index in [4.69, 9.17) is 11.6 Å². The highest BCUT2D eigenvalue weighted by molar-refractivity contribution is 6.30. The zero-order valence-electron chi connectivity index (χ0n) is 15.0. The summed E-state index contributed by atoms with van der Waals surface area (Å²) in [5, 5.41) is 3.62. The highest BCUT2D eigenvalue weighted by atomic mass is 35.5. The Bertz CT molecular complexity index is 798. The average Bonchev–Trinajstić information content (AvgIpc) is 2.72. The van der Waals surface area contributed by atoms with Gasteiger partial charge in [-0.15, -0.1) is 0 Å². The molecule has 0 unspecified atom stereocenters. The van der Waals surface area contributed by atoms with E-state index in [0.29, 0.717) is 36.1 Å². The molecule has 0 atom stereocenters. The molecular formula is C21H22ClN3O2. The molecule has 0 bridgehead atoms. The van der Waals surface area contributed by atoms with E-state index in [1.54, 1.807) is 42.7 Å². The second kappa shape index (κ2) is 9.33. The Balaban J connectivity index is 1.41. The maximum Gasteiger partial charge on any atom is 0.255 e. The number of rotatable bonds is 5. The number of carbonyl (C=O) groups is 2. The summed E-state index contributed by atoms with van der Waals surface area (Å²) in [4.78, 5) is 30.3. The number of hydrogen-bond donors (Lipinski definition) is 1. The van der Waals surface area contributed by atoms with Gasteiger partial charge in [-0.3, -0.25) is 14.6 Å². The molecule has 2 amide bonds. The van der Waals surface area contributed by atoms with Crippen LogP contribution in [-0.2, 0) is 4.79 Å². The maximum atomic E-state index is 12.4. The van der Waals surface area contributed by atoms with Gasteiger partial charge in [0.1, 0.15) is 0 Å². The molecule has 2 aromatic rings. The molecule has 140 valence electrons. The molecule has 1 aliphatic rings. The topological polar surface area (TPSA) is 62.3 Å². The van der Waals surface area contributed by atoms with Gasteiger partial charge >= 0.3 is 0 Å². The van der Waals surface area contributed by atoms with Crippen LogP contribution in [0.25, 0.3) is 6.08 Å². The number of benzene rings is 1. The second-order valence-corrected chi connectivity index (χ2v) is 7.04. The van der Waals surface area contributed by atoms with E-state index in [2.05, 4.69) is 10.3 Å². The monoisotopic (exact) mass is 383 g/mol. The molecule has 1 aromatic carbocycles. The van der Waals surface area contributed by atoms with Crippen molar-refractivity contribution in [3.8, 4) is 0 Å². The minimum atomic E-state index is -0.112. The molecule has 2 heterocycles. The van der Waals surface area contributed by atoms with Crippen molar-refractivity contribution >= 4 is 29.5 Å². The number of nitrogens with zero attached hydrogens (tertiary/aromatic N) is 2. The zero-order valence-corrected chi connectivity index (χ0v) is 15.7. The van der Waals surface area contributed by atoms with Gasteiger partial charge in [0.05, 0.1) is 5.56 Å². The number of aromatic nitrogens is 1. The molecular weight excluding hydrogens is 362 g/mol. The van der Waals surface area contributed by atoms with Gasteiger partial charge in [0.15, 0.2) is 0 Å². The lowest BCUT2D eigenvalue weighted by atomic mass is 9.96. The van der Waals surface area contributed by atoms with E-state index in [1.807, 2.05) is 17.0 Å². The van der Waals surface area contributed by atoms with Crippen molar-refractivity contribution in [2.75, 3.05) is 19.6 Å². The summed E-state index contributed by atoms with van der Waals surface area (Å²) in [7, 11) is 0. The number of halogens is 1. The lowest BCUT2D eigenvalue weighted by Gasteiger charge is -2.32. The highest BCUT2D eigenvalue weighted by Crippen LogP contribution is 2.18. The molecule has 0 aliphatic carbocycles. The fourth-order valence-electron chi connectivity index (χ4n) is 3.06. The van der Waals surface area contributed by atoms with Gasteiger partial charge in [-0.1, -0.05) is 23.7 Å². The fraction of sp³-hybridized carbons (Fsp3) is 0.286. The van der Waals surface area contributed by atoms with Crippen LogP contribution in [0.4, 0.5) is 0 Å². The van der Waals surface area contributed by atoms with Crippen molar-refractivity contribution in [3.63, 3.8) is 0 Å². The van der Waals surface area contributed by atoms with Crippen molar-refractivity contribution in [1.29, 1.82) is 0 Å². The molecule has 1 aliphatic heterocycles. The van der Waals surface area contributed by atoms with E-state index in [-0.39, 0.29) is 11.8 Å². The van der Waals surface area contributed by atoms with Crippen molar-refractivity contribution in [2.24, 2.45) is 5.92 Å². The third-order valence-electron chi connectivity index (χ3n) is 4.67. The molecule has 3 rings (SSSR count).